The number of anilines is 2. The number of hydrogen-bond acceptors (Lipinski definition) is 7. The van der Waals surface area contributed by atoms with Gasteiger partial charge >= 0.3 is 0 Å². The molecule has 0 saturated heterocycles. The van der Waals surface area contributed by atoms with E-state index in [2.05, 4.69) is 20.8 Å². The van der Waals surface area contributed by atoms with Crippen molar-refractivity contribution >= 4 is 39.8 Å². The third-order valence-electron chi connectivity index (χ3n) is 3.76. The molecule has 0 aliphatic heterocycles. The number of amides is 1. The van der Waals surface area contributed by atoms with Crippen molar-refractivity contribution in [2.24, 2.45) is 0 Å². The van der Waals surface area contributed by atoms with Crippen LogP contribution in [-0.2, 0) is 4.79 Å². The third-order valence-corrected chi connectivity index (χ3v) is 5.73. The number of ether oxygens (including phenoxy) is 1. The molecule has 6 nitrogen and oxygen atoms in total. The number of rotatable bonds is 8. The summed E-state index contributed by atoms with van der Waals surface area (Å²) in [5, 5.41) is 15.1. The Kier molecular flexibility index (Phi) is 6.67. The van der Waals surface area contributed by atoms with E-state index in [0.29, 0.717) is 10.9 Å². The van der Waals surface area contributed by atoms with E-state index in [4.69, 9.17) is 4.74 Å². The van der Waals surface area contributed by atoms with Gasteiger partial charge in [-0.3, -0.25) is 4.79 Å². The zero-order valence-electron chi connectivity index (χ0n) is 15.0. The van der Waals surface area contributed by atoms with Crippen LogP contribution in [0.5, 0.6) is 5.75 Å². The quantitative estimate of drug-likeness (QED) is 0.550. The number of nitrogens with zero attached hydrogens (tertiary/aromatic N) is 2. The van der Waals surface area contributed by atoms with E-state index in [1.165, 1.54) is 23.1 Å². The minimum Gasteiger partial charge on any atom is -0.495 e. The normalized spacial score (nSPS) is 11.6. The van der Waals surface area contributed by atoms with Crippen LogP contribution in [0.15, 0.2) is 58.9 Å². The molecule has 1 aromatic heterocycles. The Morgan fingerprint density at radius 2 is 1.89 bits per heavy atom. The summed E-state index contributed by atoms with van der Waals surface area (Å²) < 4.78 is 6.04. The number of hydrogen-bond donors (Lipinski definition) is 2. The Morgan fingerprint density at radius 3 is 2.67 bits per heavy atom. The molecule has 0 aliphatic carbocycles. The van der Waals surface area contributed by atoms with Gasteiger partial charge in [-0.1, -0.05) is 65.6 Å². The summed E-state index contributed by atoms with van der Waals surface area (Å²) in [6, 6.07) is 17.4. The number of thioether (sulfide) groups is 1. The highest BCUT2D eigenvalue weighted by Gasteiger charge is 2.12. The fraction of sp³-hybridized carbons (Fsp3) is 0.211. The van der Waals surface area contributed by atoms with E-state index in [0.717, 1.165) is 21.3 Å². The molecule has 27 heavy (non-hydrogen) atoms. The molecule has 2 aromatic carbocycles. The fourth-order valence-electron chi connectivity index (χ4n) is 2.42. The largest absolute Gasteiger partial charge is 0.495 e. The molecule has 0 bridgehead atoms. The van der Waals surface area contributed by atoms with Gasteiger partial charge in [0.25, 0.3) is 0 Å². The van der Waals surface area contributed by atoms with Crippen LogP contribution in [0, 0.1) is 0 Å². The second-order valence-electron chi connectivity index (χ2n) is 5.69. The molecule has 3 rings (SSSR count). The van der Waals surface area contributed by atoms with E-state index in [-0.39, 0.29) is 11.9 Å². The Balaban J connectivity index is 1.51. The van der Waals surface area contributed by atoms with Crippen LogP contribution in [0.1, 0.15) is 18.5 Å². The Hall–Kier alpha value is -2.58. The highest BCUT2D eigenvalue weighted by atomic mass is 32.2. The molecule has 1 amide bonds. The van der Waals surface area contributed by atoms with Crippen LogP contribution in [0.3, 0.4) is 0 Å². The van der Waals surface area contributed by atoms with Crippen molar-refractivity contribution in [3.63, 3.8) is 0 Å². The monoisotopic (exact) mass is 400 g/mol. The van der Waals surface area contributed by atoms with Crippen LogP contribution >= 0.6 is 23.1 Å². The lowest BCUT2D eigenvalue weighted by Gasteiger charge is -2.13. The molecule has 2 N–H and O–H groups in total. The molecule has 1 heterocycles. The molecule has 0 fully saturated rings. The standard InChI is InChI=1S/C19H20N4O2S2/c1-13(14-8-4-3-5-9-14)20-17(24)12-26-19-23-22-18(27-19)21-15-10-6-7-11-16(15)25-2/h3-11,13H,12H2,1-2H3,(H,20,24)(H,21,22)/t13-/m0/s1. The van der Waals surface area contributed by atoms with E-state index in [9.17, 15) is 4.79 Å². The summed E-state index contributed by atoms with van der Waals surface area (Å²) in [5.41, 5.74) is 1.90. The molecule has 3 aromatic rings. The Labute approximate surface area is 166 Å². The molecular formula is C19H20N4O2S2. The average Bonchev–Trinajstić information content (AvgIpc) is 3.15. The van der Waals surface area contributed by atoms with Gasteiger partial charge in [-0.05, 0) is 24.6 Å². The highest BCUT2D eigenvalue weighted by molar-refractivity contribution is 8.01. The summed E-state index contributed by atoms with van der Waals surface area (Å²) in [6.07, 6.45) is 0. The molecule has 0 unspecified atom stereocenters. The highest BCUT2D eigenvalue weighted by Crippen LogP contribution is 2.31. The number of carbonyl (C=O) groups is 1. The third kappa shape index (κ3) is 5.45. The van der Waals surface area contributed by atoms with Gasteiger partial charge in [-0.15, -0.1) is 10.2 Å². The number of carbonyl (C=O) groups excluding carboxylic acids is 1. The second kappa shape index (κ2) is 9.38. The summed E-state index contributed by atoms with van der Waals surface area (Å²) in [4.78, 5) is 12.2. The first-order chi connectivity index (χ1) is 13.2. The van der Waals surface area contributed by atoms with Crippen LogP contribution in [0.4, 0.5) is 10.8 Å². The van der Waals surface area contributed by atoms with E-state index < -0.39 is 0 Å². The van der Waals surface area contributed by atoms with E-state index in [1.807, 2.05) is 61.5 Å². The van der Waals surface area contributed by atoms with Crippen molar-refractivity contribution < 1.29 is 9.53 Å². The van der Waals surface area contributed by atoms with Gasteiger partial charge in [0.15, 0.2) is 4.34 Å². The molecule has 1 atom stereocenters. The first-order valence-corrected chi connectivity index (χ1v) is 10.2. The Morgan fingerprint density at radius 1 is 1.15 bits per heavy atom. The van der Waals surface area contributed by atoms with Crippen LogP contribution in [0.25, 0.3) is 0 Å². The minimum absolute atomic E-state index is 0.0310. The van der Waals surface area contributed by atoms with Gasteiger partial charge in [-0.2, -0.15) is 0 Å². The number of para-hydroxylation sites is 2. The van der Waals surface area contributed by atoms with Crippen molar-refractivity contribution in [3.8, 4) is 5.75 Å². The average molecular weight is 401 g/mol. The van der Waals surface area contributed by atoms with Crippen molar-refractivity contribution in [1.82, 2.24) is 15.5 Å². The summed E-state index contributed by atoms with van der Waals surface area (Å²) in [7, 11) is 1.62. The lowest BCUT2D eigenvalue weighted by atomic mass is 10.1. The molecular weight excluding hydrogens is 380 g/mol. The van der Waals surface area contributed by atoms with Crippen molar-refractivity contribution in [3.05, 3.63) is 60.2 Å². The number of methoxy groups -OCH3 is 1. The number of nitrogens with one attached hydrogen (secondary N) is 2. The molecule has 0 saturated carbocycles. The maximum absolute atomic E-state index is 12.2. The number of benzene rings is 2. The lowest BCUT2D eigenvalue weighted by Crippen LogP contribution is -2.28. The lowest BCUT2D eigenvalue weighted by molar-refractivity contribution is -0.119. The van der Waals surface area contributed by atoms with Gasteiger partial charge in [0.1, 0.15) is 5.75 Å². The van der Waals surface area contributed by atoms with Gasteiger partial charge in [0, 0.05) is 0 Å². The first-order valence-electron chi connectivity index (χ1n) is 8.36. The van der Waals surface area contributed by atoms with Crippen LogP contribution < -0.4 is 15.4 Å². The predicted octanol–water partition coefficient (Wildman–Crippen LogP) is 4.26. The van der Waals surface area contributed by atoms with E-state index in [1.54, 1.807) is 7.11 Å². The Bertz CT molecular complexity index is 886. The van der Waals surface area contributed by atoms with Crippen molar-refractivity contribution in [2.75, 3.05) is 18.2 Å². The van der Waals surface area contributed by atoms with Gasteiger partial charge in [0.2, 0.25) is 11.0 Å². The predicted molar refractivity (Wildman–Crippen MR) is 110 cm³/mol. The van der Waals surface area contributed by atoms with Crippen LogP contribution in [0.2, 0.25) is 0 Å². The van der Waals surface area contributed by atoms with Crippen molar-refractivity contribution in [1.29, 1.82) is 0 Å². The number of aromatic nitrogens is 2. The molecule has 0 radical (unpaired) electrons. The summed E-state index contributed by atoms with van der Waals surface area (Å²) >= 11 is 2.77. The summed E-state index contributed by atoms with van der Waals surface area (Å²) in [5.74, 6) is 0.988. The topological polar surface area (TPSA) is 76.1 Å². The molecule has 0 aliphatic rings. The second-order valence-corrected chi connectivity index (χ2v) is 7.89. The maximum Gasteiger partial charge on any atom is 0.230 e. The first kappa shape index (κ1) is 19.2. The van der Waals surface area contributed by atoms with Gasteiger partial charge in [-0.25, -0.2) is 0 Å². The molecule has 8 heteroatoms. The van der Waals surface area contributed by atoms with Gasteiger partial charge < -0.3 is 15.4 Å². The fourth-order valence-corrected chi connectivity index (χ4v) is 3.99. The smallest absolute Gasteiger partial charge is 0.230 e. The van der Waals surface area contributed by atoms with Gasteiger partial charge in [0.05, 0.1) is 24.6 Å². The van der Waals surface area contributed by atoms with Crippen LogP contribution in [-0.4, -0.2) is 29.0 Å². The maximum atomic E-state index is 12.2. The zero-order chi connectivity index (χ0) is 19.1. The minimum atomic E-state index is -0.0363. The molecule has 140 valence electrons. The van der Waals surface area contributed by atoms with Crippen molar-refractivity contribution in [2.45, 2.75) is 17.3 Å². The summed E-state index contributed by atoms with van der Waals surface area (Å²) in [6.45, 7) is 1.97. The zero-order valence-corrected chi connectivity index (χ0v) is 16.6. The SMILES string of the molecule is COc1ccccc1Nc1nnc(SCC(=O)N[C@@H](C)c2ccccc2)s1. The molecule has 0 spiro atoms. The van der Waals surface area contributed by atoms with E-state index >= 15 is 0 Å².